The van der Waals surface area contributed by atoms with E-state index in [1.54, 1.807) is 0 Å². The summed E-state index contributed by atoms with van der Waals surface area (Å²) in [6, 6.07) is 15.8. The lowest BCUT2D eigenvalue weighted by atomic mass is 9.98. The zero-order chi connectivity index (χ0) is 21.9. The third-order valence-corrected chi connectivity index (χ3v) is 6.35. The first-order valence-corrected chi connectivity index (χ1v) is 11.4. The summed E-state index contributed by atoms with van der Waals surface area (Å²) in [5, 5.41) is 3.05. The van der Waals surface area contributed by atoms with Gasteiger partial charge >= 0.3 is 6.03 Å². The molecule has 5 rings (SSSR count). The van der Waals surface area contributed by atoms with E-state index in [9.17, 15) is 9.59 Å². The molecule has 0 radical (unpaired) electrons. The molecule has 3 amide bonds. The minimum Gasteiger partial charge on any atom is -0.440 e. The average molecular weight is 433 g/mol. The van der Waals surface area contributed by atoms with Gasteiger partial charge < -0.3 is 19.5 Å². The van der Waals surface area contributed by atoms with Gasteiger partial charge in [-0.3, -0.25) is 4.79 Å². The Balaban J connectivity index is 1.18. The SMILES string of the molecule is O=C1CCCN1Cc1cccc(CNC(=O)N2CCCC(c3nc4ccccc4o3)C2)c1. The molecule has 3 heterocycles. The van der Waals surface area contributed by atoms with Crippen LogP contribution in [0.25, 0.3) is 11.1 Å². The van der Waals surface area contributed by atoms with Gasteiger partial charge in [-0.25, -0.2) is 9.78 Å². The van der Waals surface area contributed by atoms with Crippen molar-refractivity contribution in [2.24, 2.45) is 0 Å². The van der Waals surface area contributed by atoms with E-state index in [-0.39, 0.29) is 17.9 Å². The van der Waals surface area contributed by atoms with Gasteiger partial charge in [0, 0.05) is 39.1 Å². The second-order valence-corrected chi connectivity index (χ2v) is 8.70. The summed E-state index contributed by atoms with van der Waals surface area (Å²) in [5.41, 5.74) is 3.79. The molecule has 2 aromatic carbocycles. The summed E-state index contributed by atoms with van der Waals surface area (Å²) in [7, 11) is 0. The molecule has 0 spiro atoms. The molecule has 7 nitrogen and oxygen atoms in total. The van der Waals surface area contributed by atoms with Crippen molar-refractivity contribution in [1.29, 1.82) is 0 Å². The topological polar surface area (TPSA) is 78.7 Å². The lowest BCUT2D eigenvalue weighted by molar-refractivity contribution is -0.128. The number of aromatic nitrogens is 1. The first kappa shape index (κ1) is 20.5. The van der Waals surface area contributed by atoms with Gasteiger partial charge in [0.2, 0.25) is 5.91 Å². The molecule has 166 valence electrons. The quantitative estimate of drug-likeness (QED) is 0.660. The van der Waals surface area contributed by atoms with Gasteiger partial charge in [0.25, 0.3) is 0 Å². The molecule has 3 aromatic rings. The number of amides is 3. The summed E-state index contributed by atoms with van der Waals surface area (Å²) in [6.45, 7) is 3.27. The van der Waals surface area contributed by atoms with Crippen LogP contribution in [0, 0.1) is 0 Å². The summed E-state index contributed by atoms with van der Waals surface area (Å²) in [4.78, 5) is 33.1. The fourth-order valence-corrected chi connectivity index (χ4v) is 4.65. The van der Waals surface area contributed by atoms with Crippen LogP contribution in [-0.2, 0) is 17.9 Å². The molecule has 2 fully saturated rings. The zero-order valence-electron chi connectivity index (χ0n) is 18.1. The van der Waals surface area contributed by atoms with Gasteiger partial charge in [0.05, 0.1) is 5.92 Å². The fraction of sp³-hybridized carbons (Fsp3) is 0.400. The van der Waals surface area contributed by atoms with E-state index in [2.05, 4.69) is 16.4 Å². The van der Waals surface area contributed by atoms with Crippen LogP contribution in [0.5, 0.6) is 0 Å². The van der Waals surface area contributed by atoms with Crippen LogP contribution >= 0.6 is 0 Å². The van der Waals surface area contributed by atoms with Crippen molar-refractivity contribution in [1.82, 2.24) is 20.1 Å². The molecule has 2 aliphatic heterocycles. The van der Waals surface area contributed by atoms with E-state index in [1.807, 2.05) is 52.3 Å². The lowest BCUT2D eigenvalue weighted by Crippen LogP contribution is -2.44. The van der Waals surface area contributed by atoms with Crippen molar-refractivity contribution in [3.05, 3.63) is 65.5 Å². The maximum absolute atomic E-state index is 12.8. The van der Waals surface area contributed by atoms with Gasteiger partial charge in [-0.15, -0.1) is 0 Å². The highest BCUT2D eigenvalue weighted by Gasteiger charge is 2.28. The van der Waals surface area contributed by atoms with E-state index < -0.39 is 0 Å². The number of fused-ring (bicyclic) bond motifs is 1. The highest BCUT2D eigenvalue weighted by atomic mass is 16.3. The molecule has 0 aliphatic carbocycles. The first-order valence-electron chi connectivity index (χ1n) is 11.4. The van der Waals surface area contributed by atoms with E-state index >= 15 is 0 Å². The number of piperidine rings is 1. The summed E-state index contributed by atoms with van der Waals surface area (Å²) >= 11 is 0. The van der Waals surface area contributed by atoms with Gasteiger partial charge in [-0.2, -0.15) is 0 Å². The lowest BCUT2D eigenvalue weighted by Gasteiger charge is -2.31. The van der Waals surface area contributed by atoms with Crippen LogP contribution < -0.4 is 5.32 Å². The number of carbonyl (C=O) groups is 2. The summed E-state index contributed by atoms with van der Waals surface area (Å²) in [6.07, 6.45) is 3.48. The molecule has 2 aliphatic rings. The smallest absolute Gasteiger partial charge is 0.317 e. The number of oxazole rings is 1. The Kier molecular flexibility index (Phi) is 5.79. The maximum Gasteiger partial charge on any atom is 0.317 e. The molecule has 0 bridgehead atoms. The number of carbonyl (C=O) groups excluding carboxylic acids is 2. The molecule has 1 aromatic heterocycles. The van der Waals surface area contributed by atoms with Crippen molar-refractivity contribution in [3.63, 3.8) is 0 Å². The Hall–Kier alpha value is -3.35. The van der Waals surface area contributed by atoms with Crippen LogP contribution in [0.1, 0.15) is 48.6 Å². The molecule has 32 heavy (non-hydrogen) atoms. The minimum atomic E-state index is -0.0639. The maximum atomic E-state index is 12.8. The first-order chi connectivity index (χ1) is 15.7. The molecule has 7 heteroatoms. The molecular formula is C25H28N4O3. The van der Waals surface area contributed by atoms with Crippen LogP contribution in [0.3, 0.4) is 0 Å². The molecule has 1 atom stereocenters. The Bertz CT molecular complexity index is 1090. The Labute approximate surface area is 187 Å². The molecule has 1 unspecified atom stereocenters. The van der Waals surface area contributed by atoms with Crippen molar-refractivity contribution >= 4 is 23.0 Å². The molecule has 1 N–H and O–H groups in total. The van der Waals surface area contributed by atoms with Gasteiger partial charge in [-0.1, -0.05) is 36.4 Å². The normalized spacial score (nSPS) is 19.0. The second kappa shape index (κ2) is 9.02. The van der Waals surface area contributed by atoms with E-state index in [0.717, 1.165) is 54.6 Å². The number of hydrogen-bond acceptors (Lipinski definition) is 4. The van der Waals surface area contributed by atoms with Crippen LogP contribution in [0.2, 0.25) is 0 Å². The van der Waals surface area contributed by atoms with Crippen LogP contribution in [0.4, 0.5) is 4.79 Å². The number of para-hydroxylation sites is 2. The number of nitrogens with zero attached hydrogens (tertiary/aromatic N) is 3. The molecule has 0 saturated carbocycles. The predicted molar refractivity (Wildman–Crippen MR) is 121 cm³/mol. The highest BCUT2D eigenvalue weighted by molar-refractivity contribution is 5.78. The van der Waals surface area contributed by atoms with Crippen LogP contribution in [0.15, 0.2) is 52.9 Å². The number of benzene rings is 2. The Morgan fingerprint density at radius 1 is 1.09 bits per heavy atom. The highest BCUT2D eigenvalue weighted by Crippen LogP contribution is 2.29. The van der Waals surface area contributed by atoms with E-state index in [1.165, 1.54) is 0 Å². The number of rotatable bonds is 5. The zero-order valence-corrected chi connectivity index (χ0v) is 18.1. The predicted octanol–water partition coefficient (Wildman–Crippen LogP) is 4.04. The standard InChI is InChI=1S/C25H28N4O3/c30-23-11-5-12-28(23)16-19-7-3-6-18(14-19)15-26-25(31)29-13-4-8-20(17-29)24-27-21-9-1-2-10-22(21)32-24/h1-3,6-7,9-10,14,20H,4-5,8,11-13,15-17H2,(H,26,31). The molecule has 2 saturated heterocycles. The number of nitrogens with one attached hydrogen (secondary N) is 1. The average Bonchev–Trinajstić information content (AvgIpc) is 3.44. The number of urea groups is 1. The van der Waals surface area contributed by atoms with Gasteiger partial charge in [0.1, 0.15) is 5.52 Å². The Morgan fingerprint density at radius 3 is 2.81 bits per heavy atom. The summed E-state index contributed by atoms with van der Waals surface area (Å²) in [5.74, 6) is 1.05. The Morgan fingerprint density at radius 2 is 1.97 bits per heavy atom. The van der Waals surface area contributed by atoms with Gasteiger partial charge in [-0.05, 0) is 42.5 Å². The van der Waals surface area contributed by atoms with Crippen molar-refractivity contribution in [2.75, 3.05) is 19.6 Å². The van der Waals surface area contributed by atoms with E-state index in [0.29, 0.717) is 31.9 Å². The summed E-state index contributed by atoms with van der Waals surface area (Å²) < 4.78 is 5.94. The largest absolute Gasteiger partial charge is 0.440 e. The minimum absolute atomic E-state index is 0.0639. The van der Waals surface area contributed by atoms with Crippen LogP contribution in [-0.4, -0.2) is 46.4 Å². The third-order valence-electron chi connectivity index (χ3n) is 6.35. The van der Waals surface area contributed by atoms with E-state index in [4.69, 9.17) is 4.42 Å². The molecular weight excluding hydrogens is 404 g/mol. The monoisotopic (exact) mass is 432 g/mol. The van der Waals surface area contributed by atoms with Crippen molar-refractivity contribution < 1.29 is 14.0 Å². The van der Waals surface area contributed by atoms with Crippen molar-refractivity contribution in [2.45, 2.75) is 44.7 Å². The third kappa shape index (κ3) is 4.47. The fourth-order valence-electron chi connectivity index (χ4n) is 4.65. The van der Waals surface area contributed by atoms with Gasteiger partial charge in [0.15, 0.2) is 11.5 Å². The second-order valence-electron chi connectivity index (χ2n) is 8.70. The number of hydrogen-bond donors (Lipinski definition) is 1. The number of likely N-dealkylation sites (tertiary alicyclic amines) is 2. The van der Waals surface area contributed by atoms with Crippen molar-refractivity contribution in [3.8, 4) is 0 Å².